The molecule has 6 heteroatoms. The summed E-state index contributed by atoms with van der Waals surface area (Å²) in [5.74, 6) is -2.06. The van der Waals surface area contributed by atoms with Crippen LogP contribution in [0, 0.1) is 34.5 Å². The molecule has 0 unspecified atom stereocenters. The monoisotopic (exact) mass is 392 g/mol. The van der Waals surface area contributed by atoms with Crippen molar-refractivity contribution >= 4 is 17.3 Å². The van der Waals surface area contributed by atoms with Crippen LogP contribution in [0.5, 0.6) is 0 Å². The molecule has 0 spiro atoms. The van der Waals surface area contributed by atoms with Gasteiger partial charge in [0, 0.05) is 29.6 Å². The molecule has 0 amide bonds. The van der Waals surface area contributed by atoms with Gasteiger partial charge in [-0.2, -0.15) is 0 Å². The highest BCUT2D eigenvalue weighted by Gasteiger charge is 2.71. The van der Waals surface area contributed by atoms with E-state index in [9.17, 15) is 24.6 Å². The summed E-state index contributed by atoms with van der Waals surface area (Å²) < 4.78 is 15.2. The summed E-state index contributed by atoms with van der Waals surface area (Å²) in [6, 6.07) is 0. The van der Waals surface area contributed by atoms with Crippen LogP contribution in [0.15, 0.2) is 11.6 Å². The zero-order valence-corrected chi connectivity index (χ0v) is 16.7. The molecular formula is C22H29FO5. The molecule has 0 heterocycles. The predicted molar refractivity (Wildman–Crippen MR) is 99.0 cm³/mol. The van der Waals surface area contributed by atoms with Gasteiger partial charge in [-0.3, -0.25) is 14.4 Å². The lowest BCUT2D eigenvalue weighted by atomic mass is 9.45. The first-order valence-corrected chi connectivity index (χ1v) is 10.3. The Balaban J connectivity index is 1.81. The first-order valence-electron chi connectivity index (χ1n) is 10.3. The molecule has 0 radical (unpaired) electrons. The van der Waals surface area contributed by atoms with Crippen LogP contribution in [0.3, 0.4) is 0 Å². The number of halogens is 1. The second kappa shape index (κ2) is 6.05. The number of alkyl halides is 1. The summed E-state index contributed by atoms with van der Waals surface area (Å²) in [4.78, 5) is 37.8. The maximum absolute atomic E-state index is 15.2. The van der Waals surface area contributed by atoms with Gasteiger partial charge in [0.05, 0.1) is 0 Å². The number of allylic oxidation sites excluding steroid dienone is 1. The third kappa shape index (κ3) is 2.22. The van der Waals surface area contributed by atoms with E-state index in [1.165, 1.54) is 6.08 Å². The van der Waals surface area contributed by atoms with Crippen LogP contribution >= 0.6 is 0 Å². The third-order valence-corrected chi connectivity index (χ3v) is 8.78. The quantitative estimate of drug-likeness (QED) is 0.752. The molecule has 0 saturated heterocycles. The Morgan fingerprint density at radius 2 is 1.96 bits per heavy atom. The zero-order valence-electron chi connectivity index (χ0n) is 16.7. The molecule has 5 nitrogen and oxygen atoms in total. The summed E-state index contributed by atoms with van der Waals surface area (Å²) in [5.41, 5.74) is -3.01. The fourth-order valence-corrected chi connectivity index (χ4v) is 7.44. The SMILES string of the molecule is C[C@@H]1C[C@H]2[C@@H]3C[C@H](F)C4=CC(=O)CC[C@]4(C)[C@H]3C(=O)C[C@]2(C)[C@@]1(O)C(=O)CO. The Labute approximate surface area is 164 Å². The second-order valence-electron chi connectivity index (χ2n) is 9.98. The van der Waals surface area contributed by atoms with E-state index in [1.54, 1.807) is 13.8 Å². The zero-order chi connectivity index (χ0) is 20.6. The molecule has 154 valence electrons. The molecule has 3 saturated carbocycles. The van der Waals surface area contributed by atoms with E-state index in [4.69, 9.17) is 0 Å². The van der Waals surface area contributed by atoms with Crippen LogP contribution in [0.2, 0.25) is 0 Å². The molecule has 28 heavy (non-hydrogen) atoms. The highest BCUT2D eigenvalue weighted by atomic mass is 19.1. The molecule has 2 N–H and O–H groups in total. The standard InChI is InChI=1S/C22H29FO5/c1-11-6-14-13-8-16(23)15-7-12(25)4-5-20(15,2)19(13)17(26)9-21(14,3)22(11,28)18(27)10-24/h7,11,13-14,16,19,24,28H,4-6,8-10H2,1-3H3/t11-,13+,14+,16+,19-,20+,21+,22+/m1/s1. The first kappa shape index (κ1) is 19.9. The van der Waals surface area contributed by atoms with Crippen LogP contribution in [0.25, 0.3) is 0 Å². The molecular weight excluding hydrogens is 363 g/mol. The number of carbonyl (C=O) groups is 3. The van der Waals surface area contributed by atoms with Gasteiger partial charge in [-0.05, 0) is 48.7 Å². The van der Waals surface area contributed by atoms with Gasteiger partial charge < -0.3 is 10.2 Å². The number of fused-ring (bicyclic) bond motifs is 5. The van der Waals surface area contributed by atoms with Crippen molar-refractivity contribution in [2.45, 2.75) is 64.6 Å². The molecule has 8 atom stereocenters. The summed E-state index contributed by atoms with van der Waals surface area (Å²) in [6.45, 7) is 4.66. The average Bonchev–Trinajstić information content (AvgIpc) is 2.83. The van der Waals surface area contributed by atoms with Crippen molar-refractivity contribution in [2.24, 2.45) is 34.5 Å². The lowest BCUT2D eigenvalue weighted by Crippen LogP contribution is -2.62. The maximum Gasteiger partial charge on any atom is 0.190 e. The van der Waals surface area contributed by atoms with Gasteiger partial charge in [0.15, 0.2) is 11.6 Å². The number of Topliss-reactive ketones (excluding diaryl/α,β-unsaturated/α-hetero) is 2. The number of ketones is 3. The minimum absolute atomic E-state index is 0.0409. The Morgan fingerprint density at radius 1 is 1.29 bits per heavy atom. The second-order valence-corrected chi connectivity index (χ2v) is 9.98. The van der Waals surface area contributed by atoms with E-state index in [2.05, 4.69) is 0 Å². The number of hydrogen-bond donors (Lipinski definition) is 2. The van der Waals surface area contributed by atoms with E-state index in [0.29, 0.717) is 24.8 Å². The van der Waals surface area contributed by atoms with Gasteiger partial charge in [0.1, 0.15) is 24.2 Å². The molecule has 4 aliphatic rings. The van der Waals surface area contributed by atoms with Crippen LogP contribution in [-0.4, -0.2) is 45.9 Å². The summed E-state index contributed by atoms with van der Waals surface area (Å²) >= 11 is 0. The Kier molecular flexibility index (Phi) is 4.30. The lowest BCUT2D eigenvalue weighted by Gasteiger charge is -2.58. The van der Waals surface area contributed by atoms with Crippen molar-refractivity contribution in [3.63, 3.8) is 0 Å². The molecule has 0 aromatic heterocycles. The smallest absolute Gasteiger partial charge is 0.190 e. The number of hydrogen-bond acceptors (Lipinski definition) is 5. The van der Waals surface area contributed by atoms with Crippen molar-refractivity contribution in [3.8, 4) is 0 Å². The van der Waals surface area contributed by atoms with E-state index < -0.39 is 46.8 Å². The summed E-state index contributed by atoms with van der Waals surface area (Å²) in [5, 5.41) is 20.8. The van der Waals surface area contributed by atoms with Gasteiger partial charge in [-0.25, -0.2) is 4.39 Å². The van der Waals surface area contributed by atoms with Gasteiger partial charge in [0.2, 0.25) is 0 Å². The first-order chi connectivity index (χ1) is 13.0. The van der Waals surface area contributed by atoms with Gasteiger partial charge >= 0.3 is 0 Å². The highest BCUT2D eigenvalue weighted by Crippen LogP contribution is 2.68. The van der Waals surface area contributed by atoms with Crippen LogP contribution in [0.4, 0.5) is 4.39 Å². The molecule has 3 fully saturated rings. The van der Waals surface area contributed by atoms with Crippen molar-refractivity contribution < 1.29 is 29.0 Å². The minimum Gasteiger partial charge on any atom is -0.388 e. The summed E-state index contributed by atoms with van der Waals surface area (Å²) in [6.07, 6.45) is 1.60. The van der Waals surface area contributed by atoms with Crippen LogP contribution in [0.1, 0.15) is 52.9 Å². The Hall–Kier alpha value is -1.40. The number of aliphatic hydroxyl groups is 2. The molecule has 0 aliphatic heterocycles. The van der Waals surface area contributed by atoms with Crippen molar-refractivity contribution in [1.29, 1.82) is 0 Å². The number of rotatable bonds is 2. The Bertz CT molecular complexity index is 790. The normalized spacial score (nSPS) is 50.5. The van der Waals surface area contributed by atoms with Gasteiger partial charge in [0.25, 0.3) is 0 Å². The highest BCUT2D eigenvalue weighted by molar-refractivity contribution is 5.95. The number of carbonyl (C=O) groups excluding carboxylic acids is 3. The predicted octanol–water partition coefficient (Wildman–Crippen LogP) is 2.18. The third-order valence-electron chi connectivity index (χ3n) is 8.78. The Morgan fingerprint density at radius 3 is 2.61 bits per heavy atom. The topological polar surface area (TPSA) is 91.7 Å². The fourth-order valence-electron chi connectivity index (χ4n) is 7.44. The van der Waals surface area contributed by atoms with Gasteiger partial charge in [-0.1, -0.05) is 20.8 Å². The largest absolute Gasteiger partial charge is 0.388 e. The fraction of sp³-hybridized carbons (Fsp3) is 0.773. The molecule has 0 bridgehead atoms. The maximum atomic E-state index is 15.2. The molecule has 0 aromatic rings. The van der Waals surface area contributed by atoms with Crippen LogP contribution < -0.4 is 0 Å². The van der Waals surface area contributed by atoms with E-state index >= 15 is 4.39 Å². The number of aliphatic hydroxyl groups excluding tert-OH is 1. The van der Waals surface area contributed by atoms with Gasteiger partial charge in [-0.15, -0.1) is 0 Å². The van der Waals surface area contributed by atoms with Crippen molar-refractivity contribution in [1.82, 2.24) is 0 Å². The average molecular weight is 392 g/mol. The van der Waals surface area contributed by atoms with Crippen molar-refractivity contribution in [3.05, 3.63) is 11.6 Å². The molecule has 0 aromatic carbocycles. The van der Waals surface area contributed by atoms with E-state index in [-0.39, 0.29) is 36.2 Å². The minimum atomic E-state index is -1.78. The van der Waals surface area contributed by atoms with Crippen LogP contribution in [-0.2, 0) is 14.4 Å². The van der Waals surface area contributed by atoms with E-state index in [0.717, 1.165) is 0 Å². The summed E-state index contributed by atoms with van der Waals surface area (Å²) in [7, 11) is 0. The lowest BCUT2D eigenvalue weighted by molar-refractivity contribution is -0.175. The van der Waals surface area contributed by atoms with Crippen molar-refractivity contribution in [2.75, 3.05) is 6.61 Å². The molecule has 4 aliphatic carbocycles. The van der Waals surface area contributed by atoms with E-state index in [1.807, 2.05) is 6.92 Å². The molecule has 4 rings (SSSR count).